The van der Waals surface area contributed by atoms with Crippen LogP contribution in [0.25, 0.3) is 10.9 Å². The Morgan fingerprint density at radius 1 is 1.43 bits per heavy atom. The summed E-state index contributed by atoms with van der Waals surface area (Å²) in [6.07, 6.45) is 0. The Hall–Kier alpha value is -2.83. The molecule has 0 bridgehead atoms. The lowest BCUT2D eigenvalue weighted by Crippen LogP contribution is -2.27. The predicted molar refractivity (Wildman–Crippen MR) is 79.6 cm³/mol. The summed E-state index contributed by atoms with van der Waals surface area (Å²) in [5.41, 5.74) is 7.79. The second-order valence-corrected chi connectivity index (χ2v) is 4.99. The van der Waals surface area contributed by atoms with Crippen molar-refractivity contribution >= 4 is 22.5 Å². The number of hydrogen-bond acceptors (Lipinski definition) is 4. The number of aryl methyl sites for hydroxylation is 1. The SMILES string of the molecule is Cc1nc(CN(C)C(=O)c2cc3cccc(N)c3[nH]2)n[nH]1. The van der Waals surface area contributed by atoms with E-state index < -0.39 is 0 Å². The van der Waals surface area contributed by atoms with E-state index in [1.165, 1.54) is 0 Å². The molecule has 2 heterocycles. The maximum atomic E-state index is 12.4. The van der Waals surface area contributed by atoms with E-state index in [0.717, 1.165) is 16.7 Å². The van der Waals surface area contributed by atoms with E-state index in [0.29, 0.717) is 23.8 Å². The number of benzene rings is 1. The fraction of sp³-hybridized carbons (Fsp3) is 0.214. The number of amides is 1. The van der Waals surface area contributed by atoms with E-state index in [2.05, 4.69) is 20.2 Å². The van der Waals surface area contributed by atoms with Gasteiger partial charge in [-0.15, -0.1) is 0 Å². The minimum absolute atomic E-state index is 0.131. The Bertz CT molecular complexity index is 803. The summed E-state index contributed by atoms with van der Waals surface area (Å²) in [6, 6.07) is 7.37. The molecule has 0 fully saturated rings. The average molecular weight is 284 g/mol. The van der Waals surface area contributed by atoms with Crippen molar-refractivity contribution in [1.82, 2.24) is 25.1 Å². The molecule has 108 valence electrons. The second-order valence-electron chi connectivity index (χ2n) is 4.99. The van der Waals surface area contributed by atoms with Gasteiger partial charge in [-0.3, -0.25) is 9.89 Å². The maximum absolute atomic E-state index is 12.4. The van der Waals surface area contributed by atoms with Crippen LogP contribution in [0.3, 0.4) is 0 Å². The summed E-state index contributed by atoms with van der Waals surface area (Å²) < 4.78 is 0. The molecule has 1 aromatic carbocycles. The van der Waals surface area contributed by atoms with Gasteiger partial charge in [0.25, 0.3) is 5.91 Å². The van der Waals surface area contributed by atoms with E-state index in [9.17, 15) is 4.79 Å². The normalized spacial score (nSPS) is 11.0. The number of fused-ring (bicyclic) bond motifs is 1. The molecule has 7 heteroatoms. The summed E-state index contributed by atoms with van der Waals surface area (Å²) >= 11 is 0. The quantitative estimate of drug-likeness (QED) is 0.633. The van der Waals surface area contributed by atoms with Gasteiger partial charge in [0, 0.05) is 12.4 Å². The highest BCUT2D eigenvalue weighted by Gasteiger charge is 2.16. The summed E-state index contributed by atoms with van der Waals surface area (Å²) in [5, 5.41) is 7.70. The molecule has 0 saturated carbocycles. The summed E-state index contributed by atoms with van der Waals surface area (Å²) in [5.74, 6) is 1.18. The molecule has 0 spiro atoms. The molecule has 0 unspecified atom stereocenters. The molecule has 0 atom stereocenters. The molecule has 0 aliphatic heterocycles. The molecule has 2 aromatic heterocycles. The average Bonchev–Trinajstić information content (AvgIpc) is 3.05. The van der Waals surface area contributed by atoms with Crippen molar-refractivity contribution in [2.45, 2.75) is 13.5 Å². The zero-order valence-electron chi connectivity index (χ0n) is 11.8. The van der Waals surface area contributed by atoms with Gasteiger partial charge in [0.2, 0.25) is 0 Å². The van der Waals surface area contributed by atoms with Crippen molar-refractivity contribution in [2.75, 3.05) is 12.8 Å². The van der Waals surface area contributed by atoms with Gasteiger partial charge in [-0.05, 0) is 19.1 Å². The number of para-hydroxylation sites is 1. The van der Waals surface area contributed by atoms with E-state index >= 15 is 0 Å². The summed E-state index contributed by atoms with van der Waals surface area (Å²) in [6.45, 7) is 2.16. The summed E-state index contributed by atoms with van der Waals surface area (Å²) in [4.78, 5) is 21.2. The Labute approximate surface area is 121 Å². The van der Waals surface area contributed by atoms with Crippen molar-refractivity contribution in [3.05, 3.63) is 41.6 Å². The van der Waals surface area contributed by atoms with Gasteiger partial charge in [-0.1, -0.05) is 12.1 Å². The molecule has 1 amide bonds. The van der Waals surface area contributed by atoms with Gasteiger partial charge in [0.1, 0.15) is 11.5 Å². The highest BCUT2D eigenvalue weighted by Crippen LogP contribution is 2.21. The number of nitrogens with zero attached hydrogens (tertiary/aromatic N) is 3. The van der Waals surface area contributed by atoms with Gasteiger partial charge in [0.05, 0.1) is 17.7 Å². The van der Waals surface area contributed by atoms with Crippen molar-refractivity contribution in [2.24, 2.45) is 0 Å². The summed E-state index contributed by atoms with van der Waals surface area (Å²) in [7, 11) is 1.71. The number of H-pyrrole nitrogens is 2. The van der Waals surface area contributed by atoms with Crippen molar-refractivity contribution in [3.8, 4) is 0 Å². The third-order valence-corrected chi connectivity index (χ3v) is 3.29. The first kappa shape index (κ1) is 13.2. The van der Waals surface area contributed by atoms with Crippen LogP contribution in [0, 0.1) is 6.92 Å². The first-order valence-electron chi connectivity index (χ1n) is 6.55. The highest BCUT2D eigenvalue weighted by atomic mass is 16.2. The Morgan fingerprint density at radius 2 is 2.24 bits per heavy atom. The minimum atomic E-state index is -0.131. The minimum Gasteiger partial charge on any atom is -0.397 e. The van der Waals surface area contributed by atoms with Crippen LogP contribution in [0.4, 0.5) is 5.69 Å². The molecule has 7 nitrogen and oxygen atoms in total. The van der Waals surface area contributed by atoms with Crippen molar-refractivity contribution < 1.29 is 4.79 Å². The Balaban J connectivity index is 1.84. The topological polar surface area (TPSA) is 104 Å². The van der Waals surface area contributed by atoms with Crippen molar-refractivity contribution in [3.63, 3.8) is 0 Å². The lowest BCUT2D eigenvalue weighted by atomic mass is 10.2. The number of carbonyl (C=O) groups is 1. The van der Waals surface area contributed by atoms with E-state index in [-0.39, 0.29) is 5.91 Å². The number of nitrogen functional groups attached to an aromatic ring is 1. The molecular weight excluding hydrogens is 268 g/mol. The number of aromatic amines is 2. The lowest BCUT2D eigenvalue weighted by molar-refractivity contribution is 0.0777. The van der Waals surface area contributed by atoms with Gasteiger partial charge in [-0.25, -0.2) is 4.98 Å². The Morgan fingerprint density at radius 3 is 2.90 bits per heavy atom. The maximum Gasteiger partial charge on any atom is 0.270 e. The number of nitrogens with two attached hydrogens (primary N) is 1. The third-order valence-electron chi connectivity index (χ3n) is 3.29. The van der Waals surface area contributed by atoms with Crippen LogP contribution in [-0.2, 0) is 6.54 Å². The standard InChI is InChI=1S/C14H16N6O/c1-8-16-12(19-18-8)7-20(2)14(21)11-6-9-4-3-5-10(15)13(9)17-11/h3-6,17H,7,15H2,1-2H3,(H,16,18,19). The zero-order chi connectivity index (χ0) is 15.0. The van der Waals surface area contributed by atoms with Crippen LogP contribution in [-0.4, -0.2) is 38.0 Å². The van der Waals surface area contributed by atoms with Gasteiger partial charge in [-0.2, -0.15) is 5.10 Å². The number of anilines is 1. The molecule has 0 aliphatic carbocycles. The smallest absolute Gasteiger partial charge is 0.270 e. The first-order valence-corrected chi connectivity index (χ1v) is 6.55. The van der Waals surface area contributed by atoms with Crippen LogP contribution >= 0.6 is 0 Å². The van der Waals surface area contributed by atoms with E-state index in [1.54, 1.807) is 24.1 Å². The van der Waals surface area contributed by atoms with Gasteiger partial charge < -0.3 is 15.6 Å². The van der Waals surface area contributed by atoms with E-state index in [1.807, 2.05) is 19.1 Å². The fourth-order valence-electron chi connectivity index (χ4n) is 2.24. The molecule has 3 aromatic rings. The molecule has 0 aliphatic rings. The number of carbonyl (C=O) groups excluding carboxylic acids is 1. The van der Waals surface area contributed by atoms with Crippen molar-refractivity contribution in [1.29, 1.82) is 0 Å². The fourth-order valence-corrected chi connectivity index (χ4v) is 2.24. The molecule has 0 radical (unpaired) electrons. The second kappa shape index (κ2) is 4.93. The molecule has 21 heavy (non-hydrogen) atoms. The number of hydrogen-bond donors (Lipinski definition) is 3. The molecular formula is C14H16N6O. The van der Waals surface area contributed by atoms with Crippen LogP contribution in [0.2, 0.25) is 0 Å². The predicted octanol–water partition coefficient (Wildman–Crippen LogP) is 1.45. The molecule has 4 N–H and O–H groups in total. The van der Waals surface area contributed by atoms with Gasteiger partial charge >= 0.3 is 0 Å². The van der Waals surface area contributed by atoms with E-state index in [4.69, 9.17) is 5.73 Å². The van der Waals surface area contributed by atoms with Gasteiger partial charge in [0.15, 0.2) is 5.82 Å². The number of aromatic nitrogens is 4. The largest absolute Gasteiger partial charge is 0.397 e. The van der Waals surface area contributed by atoms with Crippen LogP contribution in [0.5, 0.6) is 0 Å². The van der Waals surface area contributed by atoms with Crippen LogP contribution in [0.1, 0.15) is 22.1 Å². The number of rotatable bonds is 3. The molecule has 0 saturated heterocycles. The number of nitrogens with one attached hydrogen (secondary N) is 2. The monoisotopic (exact) mass is 284 g/mol. The van der Waals surface area contributed by atoms with Crippen LogP contribution < -0.4 is 5.73 Å². The third kappa shape index (κ3) is 2.45. The molecule has 3 rings (SSSR count). The highest BCUT2D eigenvalue weighted by molar-refractivity contribution is 6.00. The lowest BCUT2D eigenvalue weighted by Gasteiger charge is -2.13. The zero-order valence-corrected chi connectivity index (χ0v) is 11.8. The van der Waals surface area contributed by atoms with Crippen LogP contribution in [0.15, 0.2) is 24.3 Å². The first-order chi connectivity index (χ1) is 10.0. The Kier molecular flexibility index (Phi) is 3.09.